The van der Waals surface area contributed by atoms with E-state index in [1.54, 1.807) is 0 Å². The number of thiophene rings is 1. The van der Waals surface area contributed by atoms with Crippen LogP contribution in [0.25, 0.3) is 64.0 Å². The summed E-state index contributed by atoms with van der Waals surface area (Å²) in [5.41, 5.74) is 13.8. The van der Waals surface area contributed by atoms with Gasteiger partial charge in [0.15, 0.2) is 0 Å². The molecule has 2 heterocycles. The minimum Gasteiger partial charge on any atom is -0.456 e. The third-order valence-electron chi connectivity index (χ3n) is 13.2. The topological polar surface area (TPSA) is 22.9 Å². The van der Waals surface area contributed by atoms with Gasteiger partial charge in [-0.1, -0.05) is 152 Å². The Bertz CT molecular complexity index is 3930. The fraction of sp³-hybridized carbons (Fsp3) is 0. The number of hydrogen-bond donors (Lipinski definition) is 0. The lowest BCUT2D eigenvalue weighted by atomic mass is 9.96. The highest BCUT2D eigenvalue weighted by molar-refractivity contribution is 7.26. The molecule has 2 aromatic heterocycles. The molecule has 0 atom stereocenters. The quantitative estimate of drug-likeness (QED) is 0.136. The lowest BCUT2D eigenvalue weighted by Gasteiger charge is -2.30. The predicted octanol–water partition coefficient (Wildman–Crippen LogP) is 19.2. The van der Waals surface area contributed by atoms with Crippen LogP contribution in [-0.4, -0.2) is 0 Å². The maximum atomic E-state index is 6.51. The molecule has 0 aliphatic heterocycles. The number of nitrogens with zero attached hydrogens (tertiary/aromatic N) is 3. The maximum absolute atomic E-state index is 6.51. The second-order valence-electron chi connectivity index (χ2n) is 17.3. The van der Waals surface area contributed by atoms with Crippen LogP contribution >= 0.6 is 11.3 Å². The highest BCUT2D eigenvalue weighted by Crippen LogP contribution is 2.51. The number of fused-ring (bicyclic) bond motifs is 7. The molecule has 0 amide bonds. The van der Waals surface area contributed by atoms with Crippen LogP contribution < -0.4 is 14.7 Å². The Balaban J connectivity index is 1.07. The number of anilines is 9. The van der Waals surface area contributed by atoms with Crippen molar-refractivity contribution < 1.29 is 4.42 Å². The van der Waals surface area contributed by atoms with Gasteiger partial charge < -0.3 is 19.1 Å². The number of rotatable bonds is 10. The van der Waals surface area contributed by atoms with Crippen molar-refractivity contribution in [1.29, 1.82) is 0 Å². The predicted molar refractivity (Wildman–Crippen MR) is 294 cm³/mol. The molecule has 326 valence electrons. The molecule has 0 radical (unpaired) electrons. The Morgan fingerprint density at radius 1 is 0.275 bits per heavy atom. The average Bonchev–Trinajstić information content (AvgIpc) is 3.98. The minimum absolute atomic E-state index is 0.853. The van der Waals surface area contributed by atoms with Crippen LogP contribution in [0, 0.1) is 0 Å². The van der Waals surface area contributed by atoms with E-state index in [9.17, 15) is 0 Å². The van der Waals surface area contributed by atoms with Crippen LogP contribution in [0.4, 0.5) is 51.2 Å². The van der Waals surface area contributed by atoms with E-state index in [0.717, 1.165) is 73.1 Å². The lowest BCUT2D eigenvalue weighted by molar-refractivity contribution is 0.669. The molecule has 0 fully saturated rings. The highest BCUT2D eigenvalue weighted by atomic mass is 32.1. The summed E-state index contributed by atoms with van der Waals surface area (Å²) in [7, 11) is 0. The molecule has 0 aliphatic carbocycles. The molecule has 0 saturated heterocycles. The molecular formula is C64H43N3OS. The lowest BCUT2D eigenvalue weighted by Crippen LogP contribution is -2.13. The average molecular weight is 902 g/mol. The second kappa shape index (κ2) is 17.1. The standard InChI is InChI=1S/C64H43N3OS/c1-6-20-44(21-7-1)52-37-38-58(54-31-17-16-30-53(52)54)67(48-28-14-5-15-29-48)49-35-39-62-57(40-49)64-59(66(46-24-10-3-11-25-46)47-26-12-4-13-27-47)41-51(43-63(64)69-62)65(45-22-8-2-9-23-45)50-34-36-56-55-32-18-19-33-60(55)68-61(56)42-50/h1-43H. The number of hydrogen-bond acceptors (Lipinski definition) is 5. The van der Waals surface area contributed by atoms with Gasteiger partial charge in [-0.05, 0) is 120 Å². The fourth-order valence-electron chi connectivity index (χ4n) is 10.1. The van der Waals surface area contributed by atoms with Gasteiger partial charge in [-0.15, -0.1) is 11.3 Å². The van der Waals surface area contributed by atoms with Crippen LogP contribution in [0.3, 0.4) is 0 Å². The molecule has 0 N–H and O–H groups in total. The Hall–Kier alpha value is -8.90. The molecule has 13 aromatic rings. The Morgan fingerprint density at radius 3 is 1.43 bits per heavy atom. The van der Waals surface area contributed by atoms with Crippen molar-refractivity contribution in [3.63, 3.8) is 0 Å². The first-order valence-corrected chi connectivity index (χ1v) is 24.1. The summed E-state index contributed by atoms with van der Waals surface area (Å²) < 4.78 is 8.90. The maximum Gasteiger partial charge on any atom is 0.137 e. The van der Waals surface area contributed by atoms with E-state index >= 15 is 0 Å². The van der Waals surface area contributed by atoms with E-state index in [2.05, 4.69) is 263 Å². The summed E-state index contributed by atoms with van der Waals surface area (Å²) in [5, 5.41) is 6.98. The van der Waals surface area contributed by atoms with E-state index in [1.807, 2.05) is 23.5 Å². The van der Waals surface area contributed by atoms with E-state index < -0.39 is 0 Å². The fourth-order valence-corrected chi connectivity index (χ4v) is 11.3. The van der Waals surface area contributed by atoms with Gasteiger partial charge in [0.1, 0.15) is 11.2 Å². The van der Waals surface area contributed by atoms with Crippen LogP contribution in [0.2, 0.25) is 0 Å². The van der Waals surface area contributed by atoms with Gasteiger partial charge in [-0.3, -0.25) is 0 Å². The zero-order valence-electron chi connectivity index (χ0n) is 37.5. The first-order chi connectivity index (χ1) is 34.2. The van der Waals surface area contributed by atoms with Gasteiger partial charge in [-0.2, -0.15) is 0 Å². The molecule has 0 aliphatic rings. The molecule has 0 saturated carbocycles. The minimum atomic E-state index is 0.853. The van der Waals surface area contributed by atoms with E-state index in [-0.39, 0.29) is 0 Å². The molecule has 13 rings (SSSR count). The molecule has 69 heavy (non-hydrogen) atoms. The normalized spacial score (nSPS) is 11.5. The van der Waals surface area contributed by atoms with E-state index in [1.165, 1.54) is 42.1 Å². The molecule has 11 aromatic carbocycles. The van der Waals surface area contributed by atoms with Crippen molar-refractivity contribution in [2.24, 2.45) is 0 Å². The molecular weight excluding hydrogens is 859 g/mol. The van der Waals surface area contributed by atoms with Crippen molar-refractivity contribution in [2.75, 3.05) is 14.7 Å². The highest BCUT2D eigenvalue weighted by Gasteiger charge is 2.25. The van der Waals surface area contributed by atoms with Gasteiger partial charge in [0.25, 0.3) is 0 Å². The summed E-state index contributed by atoms with van der Waals surface area (Å²) in [6, 6.07) is 93.6. The SMILES string of the molecule is c1ccc(-c2ccc(N(c3ccccc3)c3ccc4sc5cc(N(c6ccccc6)c6ccc7c(c6)oc6ccccc67)cc(N(c6ccccc6)c6ccccc6)c5c4c3)c3ccccc23)cc1. The molecule has 4 nitrogen and oxygen atoms in total. The van der Waals surface area contributed by atoms with E-state index in [0.29, 0.717) is 0 Å². The zero-order valence-corrected chi connectivity index (χ0v) is 38.3. The Labute approximate surface area is 404 Å². The number of benzene rings is 11. The van der Waals surface area contributed by atoms with Crippen molar-refractivity contribution in [1.82, 2.24) is 0 Å². The molecule has 5 heteroatoms. The first kappa shape index (κ1) is 40.4. The number of para-hydroxylation sites is 5. The first-order valence-electron chi connectivity index (χ1n) is 23.3. The van der Waals surface area contributed by atoms with Crippen LogP contribution in [0.5, 0.6) is 0 Å². The van der Waals surface area contributed by atoms with Crippen LogP contribution in [-0.2, 0) is 0 Å². The van der Waals surface area contributed by atoms with Gasteiger partial charge in [0.05, 0.1) is 11.4 Å². The van der Waals surface area contributed by atoms with Gasteiger partial charge in [-0.25, -0.2) is 0 Å². The summed E-state index contributed by atoms with van der Waals surface area (Å²) in [4.78, 5) is 7.20. The third kappa shape index (κ3) is 7.16. The smallest absolute Gasteiger partial charge is 0.137 e. The summed E-state index contributed by atoms with van der Waals surface area (Å²) in [5.74, 6) is 0. The second-order valence-corrected chi connectivity index (χ2v) is 18.4. The van der Waals surface area contributed by atoms with Gasteiger partial charge >= 0.3 is 0 Å². The largest absolute Gasteiger partial charge is 0.456 e. The monoisotopic (exact) mass is 901 g/mol. The Morgan fingerprint density at radius 2 is 0.783 bits per heavy atom. The van der Waals surface area contributed by atoms with Crippen LogP contribution in [0.15, 0.2) is 265 Å². The van der Waals surface area contributed by atoms with Gasteiger partial charge in [0.2, 0.25) is 0 Å². The molecule has 0 spiro atoms. The van der Waals surface area contributed by atoms with Crippen molar-refractivity contribution in [3.05, 3.63) is 261 Å². The summed E-state index contributed by atoms with van der Waals surface area (Å²) in [6.45, 7) is 0. The van der Waals surface area contributed by atoms with Crippen LogP contribution in [0.1, 0.15) is 0 Å². The summed E-state index contributed by atoms with van der Waals surface area (Å²) >= 11 is 1.83. The van der Waals surface area contributed by atoms with E-state index in [4.69, 9.17) is 4.42 Å². The Kier molecular flexibility index (Phi) is 9.99. The van der Waals surface area contributed by atoms with Crippen molar-refractivity contribution in [3.8, 4) is 11.1 Å². The number of furan rings is 1. The van der Waals surface area contributed by atoms with Crippen molar-refractivity contribution >= 4 is 115 Å². The van der Waals surface area contributed by atoms with Crippen molar-refractivity contribution in [2.45, 2.75) is 0 Å². The third-order valence-corrected chi connectivity index (χ3v) is 14.3. The molecule has 0 bridgehead atoms. The summed E-state index contributed by atoms with van der Waals surface area (Å²) in [6.07, 6.45) is 0. The van der Waals surface area contributed by atoms with Gasteiger partial charge in [0, 0.05) is 82.2 Å². The molecule has 0 unspecified atom stereocenters. The zero-order chi connectivity index (χ0) is 45.7.